The zero-order valence-corrected chi connectivity index (χ0v) is 14.4. The Morgan fingerprint density at radius 3 is 2.62 bits per heavy atom. The highest BCUT2D eigenvalue weighted by Crippen LogP contribution is 2.29. The summed E-state index contributed by atoms with van der Waals surface area (Å²) in [5, 5.41) is 4.44. The maximum absolute atomic E-state index is 12.1. The molecular formula is C14H20ClNO3S2. The van der Waals surface area contributed by atoms with Crippen LogP contribution in [-0.4, -0.2) is 20.9 Å². The van der Waals surface area contributed by atoms with E-state index in [2.05, 4.69) is 5.32 Å². The third kappa shape index (κ3) is 4.44. The van der Waals surface area contributed by atoms with Gasteiger partial charge in [0.05, 0.1) is 5.56 Å². The second-order valence-corrected chi connectivity index (χ2v) is 9.19. The van der Waals surface area contributed by atoms with Crippen molar-refractivity contribution in [1.82, 2.24) is 5.32 Å². The zero-order valence-electron chi connectivity index (χ0n) is 12.0. The molecular weight excluding hydrogens is 330 g/mol. The summed E-state index contributed by atoms with van der Waals surface area (Å²) in [6.45, 7) is 2.25. The number of carbonyl (C=O) groups is 1. The molecule has 118 valence electrons. The van der Waals surface area contributed by atoms with Gasteiger partial charge in [0.15, 0.2) is 0 Å². The van der Waals surface area contributed by atoms with Gasteiger partial charge in [-0.15, -0.1) is 11.3 Å². The third-order valence-electron chi connectivity index (χ3n) is 4.02. The van der Waals surface area contributed by atoms with Crippen molar-refractivity contribution in [3.05, 3.63) is 16.5 Å². The number of amides is 1. The molecule has 0 saturated heterocycles. The van der Waals surface area contributed by atoms with E-state index in [0.29, 0.717) is 23.6 Å². The quantitative estimate of drug-likeness (QED) is 0.824. The molecule has 1 fully saturated rings. The largest absolute Gasteiger partial charge is 0.352 e. The first-order valence-corrected chi connectivity index (χ1v) is 10.4. The molecule has 2 rings (SSSR count). The molecule has 1 aromatic rings. The molecule has 0 unspecified atom stereocenters. The first-order chi connectivity index (χ1) is 9.89. The second kappa shape index (κ2) is 7.11. The van der Waals surface area contributed by atoms with Gasteiger partial charge in [-0.3, -0.25) is 4.79 Å². The minimum atomic E-state index is -3.77. The lowest BCUT2D eigenvalue weighted by molar-refractivity contribution is 0.0950. The van der Waals surface area contributed by atoms with Crippen LogP contribution in [0.4, 0.5) is 0 Å². The van der Waals surface area contributed by atoms with Gasteiger partial charge in [-0.1, -0.05) is 32.1 Å². The molecule has 0 aromatic carbocycles. The maximum Gasteiger partial charge on any atom is 0.271 e. The Morgan fingerprint density at radius 1 is 1.38 bits per heavy atom. The van der Waals surface area contributed by atoms with E-state index in [1.807, 2.05) is 0 Å². The molecule has 1 saturated carbocycles. The van der Waals surface area contributed by atoms with Gasteiger partial charge in [0.25, 0.3) is 15.0 Å². The van der Waals surface area contributed by atoms with Crippen molar-refractivity contribution < 1.29 is 13.2 Å². The van der Waals surface area contributed by atoms with E-state index in [-0.39, 0.29) is 10.1 Å². The summed E-state index contributed by atoms with van der Waals surface area (Å²) >= 11 is 0.992. The molecule has 0 radical (unpaired) electrons. The van der Waals surface area contributed by atoms with Crippen molar-refractivity contribution in [1.29, 1.82) is 0 Å². The highest BCUT2D eigenvalue weighted by molar-refractivity contribution is 8.15. The monoisotopic (exact) mass is 349 g/mol. The minimum Gasteiger partial charge on any atom is -0.352 e. The van der Waals surface area contributed by atoms with E-state index >= 15 is 0 Å². The predicted molar refractivity (Wildman–Crippen MR) is 85.6 cm³/mol. The van der Waals surface area contributed by atoms with E-state index in [9.17, 15) is 13.2 Å². The molecule has 1 amide bonds. The van der Waals surface area contributed by atoms with Crippen molar-refractivity contribution in [3.8, 4) is 0 Å². The summed E-state index contributed by atoms with van der Waals surface area (Å²) < 4.78 is 22.8. The summed E-state index contributed by atoms with van der Waals surface area (Å²) in [6.07, 6.45) is 7.41. The zero-order chi connectivity index (χ0) is 15.5. The molecule has 1 aromatic heterocycles. The number of rotatable bonds is 5. The molecule has 4 nitrogen and oxygen atoms in total. The van der Waals surface area contributed by atoms with Crippen LogP contribution in [0, 0.1) is 12.8 Å². The molecule has 1 aliphatic carbocycles. The topological polar surface area (TPSA) is 63.2 Å². The Morgan fingerprint density at radius 2 is 2.05 bits per heavy atom. The van der Waals surface area contributed by atoms with Gasteiger partial charge in [-0.25, -0.2) is 8.42 Å². The summed E-state index contributed by atoms with van der Waals surface area (Å²) in [4.78, 5) is 12.1. The van der Waals surface area contributed by atoms with Crippen LogP contribution in [0.2, 0.25) is 0 Å². The summed E-state index contributed by atoms with van der Waals surface area (Å²) in [7, 11) is 1.57. The van der Waals surface area contributed by atoms with Gasteiger partial charge in [-0.2, -0.15) is 0 Å². The average Bonchev–Trinajstić information content (AvgIpc) is 2.81. The minimum absolute atomic E-state index is 0.0570. The Kier molecular flexibility index (Phi) is 5.68. The summed E-state index contributed by atoms with van der Waals surface area (Å²) in [6, 6.07) is 0. The predicted octanol–water partition coefficient (Wildman–Crippen LogP) is 3.68. The SMILES string of the molecule is Cc1c(C(=O)NCCC2CCCCC2)csc1S(=O)(=O)Cl. The van der Waals surface area contributed by atoms with Crippen molar-refractivity contribution in [3.63, 3.8) is 0 Å². The van der Waals surface area contributed by atoms with E-state index in [0.717, 1.165) is 17.8 Å². The fraction of sp³-hybridized carbons (Fsp3) is 0.643. The number of halogens is 1. The molecule has 1 N–H and O–H groups in total. The molecule has 1 aliphatic rings. The lowest BCUT2D eigenvalue weighted by atomic mass is 9.87. The van der Waals surface area contributed by atoms with Gasteiger partial charge in [0, 0.05) is 22.6 Å². The van der Waals surface area contributed by atoms with Crippen LogP contribution in [0.25, 0.3) is 0 Å². The fourth-order valence-corrected chi connectivity index (χ4v) is 5.37. The number of hydrogen-bond donors (Lipinski definition) is 1. The van der Waals surface area contributed by atoms with Crippen LogP contribution < -0.4 is 5.32 Å². The maximum atomic E-state index is 12.1. The van der Waals surface area contributed by atoms with E-state index in [1.54, 1.807) is 12.3 Å². The Bertz CT molecular complexity index is 604. The van der Waals surface area contributed by atoms with Crippen LogP contribution in [0.15, 0.2) is 9.59 Å². The normalized spacial score (nSPS) is 16.9. The van der Waals surface area contributed by atoms with Crippen molar-refractivity contribution in [2.45, 2.75) is 49.7 Å². The molecule has 21 heavy (non-hydrogen) atoms. The van der Waals surface area contributed by atoms with Crippen molar-refractivity contribution >= 4 is 37.0 Å². The molecule has 0 spiro atoms. The van der Waals surface area contributed by atoms with Crippen LogP contribution >= 0.6 is 22.0 Å². The van der Waals surface area contributed by atoms with Crippen molar-refractivity contribution in [2.75, 3.05) is 6.54 Å². The fourth-order valence-electron chi connectivity index (χ4n) is 2.82. The Hall–Kier alpha value is -0.590. The Labute approximate surface area is 134 Å². The molecule has 0 atom stereocenters. The summed E-state index contributed by atoms with van der Waals surface area (Å²) in [5.74, 6) is 0.493. The smallest absolute Gasteiger partial charge is 0.271 e. The molecule has 0 aliphatic heterocycles. The van der Waals surface area contributed by atoms with Gasteiger partial charge >= 0.3 is 0 Å². The van der Waals surface area contributed by atoms with E-state index < -0.39 is 9.05 Å². The highest BCUT2D eigenvalue weighted by atomic mass is 35.7. The average molecular weight is 350 g/mol. The summed E-state index contributed by atoms with van der Waals surface area (Å²) in [5.41, 5.74) is 0.841. The van der Waals surface area contributed by atoms with Crippen LogP contribution in [0.1, 0.15) is 54.4 Å². The third-order valence-corrected chi connectivity index (χ3v) is 7.33. The molecule has 0 bridgehead atoms. The van der Waals surface area contributed by atoms with Crippen LogP contribution in [0.3, 0.4) is 0 Å². The lowest BCUT2D eigenvalue weighted by Crippen LogP contribution is -2.26. The number of carbonyl (C=O) groups excluding carboxylic acids is 1. The number of nitrogens with one attached hydrogen (secondary N) is 1. The van der Waals surface area contributed by atoms with Crippen LogP contribution in [-0.2, 0) is 9.05 Å². The highest BCUT2D eigenvalue weighted by Gasteiger charge is 2.22. The van der Waals surface area contributed by atoms with Crippen molar-refractivity contribution in [2.24, 2.45) is 5.92 Å². The van der Waals surface area contributed by atoms with Gasteiger partial charge in [-0.05, 0) is 24.8 Å². The van der Waals surface area contributed by atoms with Gasteiger partial charge in [0.1, 0.15) is 4.21 Å². The lowest BCUT2D eigenvalue weighted by Gasteiger charge is -2.21. The van der Waals surface area contributed by atoms with E-state index in [1.165, 1.54) is 32.1 Å². The number of thiophene rings is 1. The first kappa shape index (κ1) is 16.8. The Balaban J connectivity index is 1.90. The molecule has 7 heteroatoms. The first-order valence-electron chi connectivity index (χ1n) is 7.20. The van der Waals surface area contributed by atoms with E-state index in [4.69, 9.17) is 10.7 Å². The second-order valence-electron chi connectivity index (χ2n) is 5.55. The standard InChI is InChI=1S/C14H20ClNO3S2/c1-10-12(9-20-14(10)21(15,18)19)13(17)16-8-7-11-5-3-2-4-6-11/h9,11H,2-8H2,1H3,(H,16,17). The van der Waals surface area contributed by atoms with Gasteiger partial charge in [0.2, 0.25) is 0 Å². The number of hydrogen-bond acceptors (Lipinski definition) is 4. The van der Waals surface area contributed by atoms with Gasteiger partial charge < -0.3 is 5.32 Å². The molecule has 1 heterocycles. The van der Waals surface area contributed by atoms with Crippen LogP contribution in [0.5, 0.6) is 0 Å².